The number of methoxy groups -OCH3 is 2. The fraction of sp³-hybridized carbons (Fsp3) is 0.147. The minimum atomic E-state index is -0.212. The van der Waals surface area contributed by atoms with E-state index in [0.29, 0.717) is 61.6 Å². The summed E-state index contributed by atoms with van der Waals surface area (Å²) in [5.74, 6) is 1.21. The molecule has 19 heteroatoms. The zero-order valence-corrected chi connectivity index (χ0v) is 68.2. The van der Waals surface area contributed by atoms with Gasteiger partial charge in [-0.15, -0.1) is 23.2 Å². The lowest BCUT2D eigenvalue weighted by atomic mass is 9.97. The zero-order chi connectivity index (χ0) is 84.2. The van der Waals surface area contributed by atoms with Crippen LogP contribution in [0, 0.1) is 13.8 Å². The Hall–Kier alpha value is -13.0. The number of carbonyl (C=O) groups excluding carboxylic acids is 9. The second-order valence-electron chi connectivity index (χ2n) is 23.5. The highest BCUT2D eigenvalue weighted by molar-refractivity contribution is 6.23. The Bertz CT molecular complexity index is 4180. The van der Waals surface area contributed by atoms with E-state index in [-0.39, 0.29) is 53.0 Å². The maximum atomic E-state index is 12.8. The van der Waals surface area contributed by atoms with Crippen LogP contribution in [0.5, 0.6) is 23.0 Å². The van der Waals surface area contributed by atoms with Crippen molar-refractivity contribution in [2.75, 3.05) is 69.4 Å². The van der Waals surface area contributed by atoms with E-state index in [1.54, 1.807) is 138 Å². The van der Waals surface area contributed by atoms with Crippen LogP contribution in [-0.2, 0) is 9.47 Å². The SMILES string of the molecule is CC.CCl.CCl.CN1C(=O)c2ccccc2C1=O.CN1C(=O)c2ccccc2C1=O.CN1C(=O)c2ccccc2C1=O.CN1C(=O)c2ccccc2C1=O.COC.COC.Cc1ccc(C)c(C(=O)c2ccc(Oc3ccc(Oc4ccccc4)cc3)cc2)c1.c1ccccc1.c1ccccc1.c1ccccc1.c1ccccc1. The van der Waals surface area contributed by atoms with Crippen molar-refractivity contribution in [1.82, 2.24) is 19.6 Å². The normalized spacial score (nSPS) is 11.3. The van der Waals surface area contributed by atoms with Crippen molar-refractivity contribution < 1.29 is 62.1 Å². The summed E-state index contributed by atoms with van der Waals surface area (Å²) < 4.78 is 20.2. The topological polar surface area (TPSA) is 204 Å². The average molecular weight is 1570 g/mol. The van der Waals surface area contributed by atoms with Gasteiger partial charge in [-0.1, -0.05) is 244 Å². The van der Waals surface area contributed by atoms with Gasteiger partial charge in [0.05, 0.1) is 44.5 Å². The van der Waals surface area contributed by atoms with Crippen molar-refractivity contribution in [3.63, 3.8) is 0 Å². The monoisotopic (exact) mass is 1570 g/mol. The largest absolute Gasteiger partial charge is 0.457 e. The highest BCUT2D eigenvalue weighted by atomic mass is 35.5. The molecule has 0 fully saturated rings. The molecule has 4 aliphatic rings. The van der Waals surface area contributed by atoms with E-state index in [0.717, 1.165) is 47.8 Å². The Labute approximate surface area is 680 Å². The third kappa shape index (κ3) is 30.7. The lowest BCUT2D eigenvalue weighted by Gasteiger charge is -2.09. The van der Waals surface area contributed by atoms with Crippen molar-refractivity contribution in [2.45, 2.75) is 27.7 Å². The van der Waals surface area contributed by atoms with E-state index in [1.807, 2.05) is 258 Å². The fourth-order valence-corrected chi connectivity index (χ4v) is 9.93. The average Bonchev–Trinajstić information content (AvgIpc) is 1.66. The number of rotatable bonds is 6. The molecule has 16 rings (SSSR count). The molecule has 590 valence electrons. The van der Waals surface area contributed by atoms with Gasteiger partial charge in [0, 0.05) is 80.5 Å². The molecule has 0 radical (unpaired) electrons. The molecule has 0 atom stereocenters. The third-order valence-corrected chi connectivity index (χ3v) is 15.4. The number of alkyl halides is 2. The molecule has 0 spiro atoms. The van der Waals surface area contributed by atoms with Crippen LogP contribution in [0.4, 0.5) is 0 Å². The molecular formula is C95H98Cl2N4O13. The molecular weight excluding hydrogens is 1480 g/mol. The van der Waals surface area contributed by atoms with Gasteiger partial charge in [0.1, 0.15) is 23.0 Å². The number of halogens is 2. The molecule has 0 saturated heterocycles. The first-order chi connectivity index (χ1) is 55.3. The molecule has 0 bridgehead atoms. The van der Waals surface area contributed by atoms with Crippen LogP contribution in [-0.4, -0.2) is 142 Å². The van der Waals surface area contributed by atoms with Crippen LogP contribution in [0.25, 0.3) is 0 Å². The molecule has 0 saturated carbocycles. The van der Waals surface area contributed by atoms with Crippen LogP contribution in [0.1, 0.15) is 124 Å². The minimum Gasteiger partial charge on any atom is -0.457 e. The zero-order valence-electron chi connectivity index (χ0n) is 66.7. The van der Waals surface area contributed by atoms with E-state index in [4.69, 9.17) is 9.47 Å². The van der Waals surface area contributed by atoms with E-state index in [9.17, 15) is 43.2 Å². The predicted molar refractivity (Wildman–Crippen MR) is 457 cm³/mol. The van der Waals surface area contributed by atoms with Crippen molar-refractivity contribution >= 4 is 76.2 Å². The third-order valence-electron chi connectivity index (χ3n) is 15.4. The molecule has 0 aliphatic carbocycles. The van der Waals surface area contributed by atoms with Gasteiger partial charge < -0.3 is 18.9 Å². The van der Waals surface area contributed by atoms with Crippen molar-refractivity contribution in [3.8, 4) is 23.0 Å². The van der Waals surface area contributed by atoms with Gasteiger partial charge in [-0.05, 0) is 135 Å². The molecule has 12 aromatic carbocycles. The highest BCUT2D eigenvalue weighted by Gasteiger charge is 2.34. The maximum Gasteiger partial charge on any atom is 0.261 e. The van der Waals surface area contributed by atoms with Gasteiger partial charge in [-0.25, -0.2) is 0 Å². The minimum absolute atomic E-state index is 0.0187. The highest BCUT2D eigenvalue weighted by Crippen LogP contribution is 2.29. The quantitative estimate of drug-likeness (QED) is 0.0864. The fourth-order valence-electron chi connectivity index (χ4n) is 9.93. The first-order valence-corrected chi connectivity index (χ1v) is 37.2. The summed E-state index contributed by atoms with van der Waals surface area (Å²) in [6.07, 6.45) is 2.94. The van der Waals surface area contributed by atoms with E-state index >= 15 is 0 Å². The number of ketones is 1. The summed E-state index contributed by atoms with van der Waals surface area (Å²) in [5.41, 5.74) is 7.46. The number of ether oxygens (including phenoxy) is 4. The second kappa shape index (κ2) is 54.6. The lowest BCUT2D eigenvalue weighted by Crippen LogP contribution is -2.24. The number of hydrogen-bond acceptors (Lipinski definition) is 13. The van der Waals surface area contributed by atoms with Crippen LogP contribution in [0.3, 0.4) is 0 Å². The maximum absolute atomic E-state index is 12.8. The number of imide groups is 4. The predicted octanol–water partition coefficient (Wildman–Crippen LogP) is 20.8. The molecule has 0 N–H and O–H groups in total. The first-order valence-electron chi connectivity index (χ1n) is 35.7. The van der Waals surface area contributed by atoms with Gasteiger partial charge in [-0.2, -0.15) is 0 Å². The molecule has 114 heavy (non-hydrogen) atoms. The van der Waals surface area contributed by atoms with Gasteiger partial charge >= 0.3 is 0 Å². The van der Waals surface area contributed by atoms with Crippen molar-refractivity contribution in [3.05, 3.63) is 406 Å². The summed E-state index contributed by atoms with van der Waals surface area (Å²) >= 11 is 9.28. The van der Waals surface area contributed by atoms with Gasteiger partial charge in [0.2, 0.25) is 0 Å². The molecule has 4 heterocycles. The van der Waals surface area contributed by atoms with Crippen LogP contribution < -0.4 is 9.47 Å². The number of fused-ring (bicyclic) bond motifs is 4. The van der Waals surface area contributed by atoms with Crippen LogP contribution in [0.2, 0.25) is 0 Å². The Balaban J connectivity index is 0.000000344. The van der Waals surface area contributed by atoms with E-state index < -0.39 is 0 Å². The number of para-hydroxylation sites is 1. The standard InChI is InChI=1S/C27H22O3.4C9H7NO2.4C6H6.2C2H6O.C2H6.2CH3Cl/c1-19-8-9-20(2)26(18-19)27(28)21-10-12-23(13-11-21)30-25-16-14-24(15-17-25)29-22-6-4-3-5-7-22;4*1-10-8(11)6-4-2-3-5-7(6)9(10)12;4*1-2-4-6-5-3-1;2*1-3-2;3*1-2/h3-18H,1-2H3;4*2-5H,1H3;4*1-6H;2*1-2H3;1-2H3;2*1H3. The number of benzene rings is 12. The Kier molecular flexibility index (Phi) is 45.5. The van der Waals surface area contributed by atoms with Crippen LogP contribution >= 0.6 is 23.2 Å². The summed E-state index contributed by atoms with van der Waals surface area (Å²) in [6.45, 7) is 7.94. The second-order valence-corrected chi connectivity index (χ2v) is 23.5. The van der Waals surface area contributed by atoms with E-state index in [2.05, 4.69) is 32.7 Å². The molecule has 17 nitrogen and oxygen atoms in total. The first kappa shape index (κ1) is 95.2. The van der Waals surface area contributed by atoms with E-state index in [1.165, 1.54) is 41.0 Å². The smallest absolute Gasteiger partial charge is 0.261 e. The number of hydrogen-bond donors (Lipinski definition) is 0. The van der Waals surface area contributed by atoms with Crippen molar-refractivity contribution in [1.29, 1.82) is 0 Å². The molecule has 4 aliphatic heterocycles. The molecule has 0 unspecified atom stereocenters. The number of carbonyl (C=O) groups is 9. The van der Waals surface area contributed by atoms with Gasteiger partial charge in [-0.3, -0.25) is 62.8 Å². The van der Waals surface area contributed by atoms with Crippen LogP contribution in [0.15, 0.2) is 340 Å². The van der Waals surface area contributed by atoms with Gasteiger partial charge in [0.25, 0.3) is 47.3 Å². The summed E-state index contributed by atoms with van der Waals surface area (Å²) in [7, 11) is 12.5. The Morgan fingerprint density at radius 3 is 0.623 bits per heavy atom. The summed E-state index contributed by atoms with van der Waals surface area (Å²) in [4.78, 5) is 108. The molecule has 12 aromatic rings. The number of amides is 8. The number of nitrogens with zero attached hydrogens (tertiary/aromatic N) is 4. The van der Waals surface area contributed by atoms with Gasteiger partial charge in [0.15, 0.2) is 5.78 Å². The molecule has 0 aromatic heterocycles. The number of aryl methyl sites for hydroxylation is 2. The van der Waals surface area contributed by atoms with Crippen molar-refractivity contribution in [2.24, 2.45) is 0 Å². The molecule has 8 amide bonds. The lowest BCUT2D eigenvalue weighted by molar-refractivity contribution is 0.0678. The summed E-state index contributed by atoms with van der Waals surface area (Å²) in [6, 6.07) is 106. The summed E-state index contributed by atoms with van der Waals surface area (Å²) in [5, 5.41) is 0. The Morgan fingerprint density at radius 1 is 0.254 bits per heavy atom. The Morgan fingerprint density at radius 2 is 0.421 bits per heavy atom.